The Morgan fingerprint density at radius 2 is 2.19 bits per heavy atom. The van der Waals surface area contributed by atoms with E-state index in [1.54, 1.807) is 0 Å². The van der Waals surface area contributed by atoms with Crippen LogP contribution >= 0.6 is 0 Å². The highest BCUT2D eigenvalue weighted by Gasteiger charge is 2.25. The Kier molecular flexibility index (Phi) is 2.91. The first-order valence-electron chi connectivity index (χ1n) is 5.71. The zero-order valence-electron chi connectivity index (χ0n) is 9.86. The van der Waals surface area contributed by atoms with E-state index in [-0.39, 0.29) is 0 Å². The topological polar surface area (TPSA) is 55.5 Å². The molecule has 0 saturated heterocycles. The minimum atomic E-state index is -0.639. The molecule has 0 spiro atoms. The zero-order valence-corrected chi connectivity index (χ0v) is 9.86. The molecule has 1 heterocycles. The van der Waals surface area contributed by atoms with Gasteiger partial charge in [0.25, 0.3) is 0 Å². The summed E-state index contributed by atoms with van der Waals surface area (Å²) in [4.78, 5) is 0. The van der Waals surface area contributed by atoms with Crippen molar-refractivity contribution in [2.24, 2.45) is 5.73 Å². The van der Waals surface area contributed by atoms with Gasteiger partial charge in [0.15, 0.2) is 0 Å². The van der Waals surface area contributed by atoms with Gasteiger partial charge in [0.1, 0.15) is 5.75 Å². The first kappa shape index (κ1) is 11.4. The van der Waals surface area contributed by atoms with E-state index in [2.05, 4.69) is 0 Å². The average molecular weight is 221 g/mol. The predicted molar refractivity (Wildman–Crippen MR) is 63.5 cm³/mol. The van der Waals surface area contributed by atoms with Gasteiger partial charge >= 0.3 is 0 Å². The van der Waals surface area contributed by atoms with Gasteiger partial charge < -0.3 is 15.6 Å². The molecule has 0 fully saturated rings. The normalized spacial score (nSPS) is 17.5. The number of hydrogen-bond acceptors (Lipinski definition) is 3. The van der Waals surface area contributed by atoms with E-state index in [9.17, 15) is 5.11 Å². The SMILES string of the molecule is CC(C)(N)C(O)c1ccc2c(c1)CCCO2. The largest absolute Gasteiger partial charge is 0.493 e. The van der Waals surface area contributed by atoms with Crippen LogP contribution < -0.4 is 10.5 Å². The van der Waals surface area contributed by atoms with Gasteiger partial charge in [0.2, 0.25) is 0 Å². The van der Waals surface area contributed by atoms with Crippen molar-refractivity contribution in [3.8, 4) is 5.75 Å². The Hall–Kier alpha value is -1.06. The number of benzene rings is 1. The highest BCUT2D eigenvalue weighted by molar-refractivity contribution is 5.39. The van der Waals surface area contributed by atoms with E-state index in [0.717, 1.165) is 30.8 Å². The van der Waals surface area contributed by atoms with Gasteiger partial charge in [0, 0.05) is 5.54 Å². The molecule has 3 N–H and O–H groups in total. The summed E-state index contributed by atoms with van der Waals surface area (Å²) in [6.07, 6.45) is 1.42. The number of rotatable bonds is 2. The maximum Gasteiger partial charge on any atom is 0.122 e. The average Bonchev–Trinajstić information content (AvgIpc) is 2.26. The Bertz CT molecular complexity index is 382. The van der Waals surface area contributed by atoms with E-state index < -0.39 is 11.6 Å². The summed E-state index contributed by atoms with van der Waals surface area (Å²) in [6.45, 7) is 4.44. The lowest BCUT2D eigenvalue weighted by Crippen LogP contribution is -2.39. The van der Waals surface area contributed by atoms with Crippen molar-refractivity contribution in [3.05, 3.63) is 29.3 Å². The summed E-state index contributed by atoms with van der Waals surface area (Å²) in [6, 6.07) is 5.83. The van der Waals surface area contributed by atoms with Crippen molar-refractivity contribution < 1.29 is 9.84 Å². The number of fused-ring (bicyclic) bond motifs is 1. The molecule has 88 valence electrons. The molecule has 1 aliphatic rings. The molecular weight excluding hydrogens is 202 g/mol. The number of aliphatic hydroxyl groups excluding tert-OH is 1. The van der Waals surface area contributed by atoms with Crippen LogP contribution in [0.3, 0.4) is 0 Å². The van der Waals surface area contributed by atoms with Crippen molar-refractivity contribution in [1.82, 2.24) is 0 Å². The van der Waals surface area contributed by atoms with Gasteiger partial charge in [-0.2, -0.15) is 0 Å². The number of ether oxygens (including phenoxy) is 1. The Labute approximate surface area is 96.2 Å². The second kappa shape index (κ2) is 4.07. The maximum absolute atomic E-state index is 10.1. The summed E-state index contributed by atoms with van der Waals surface area (Å²) < 4.78 is 5.53. The van der Waals surface area contributed by atoms with Gasteiger partial charge in [-0.05, 0) is 49.9 Å². The van der Waals surface area contributed by atoms with Crippen molar-refractivity contribution in [2.75, 3.05) is 6.61 Å². The molecule has 0 aliphatic carbocycles. The lowest BCUT2D eigenvalue weighted by atomic mass is 9.90. The first-order chi connectivity index (χ1) is 7.48. The van der Waals surface area contributed by atoms with Crippen LogP contribution in [0, 0.1) is 0 Å². The third-order valence-corrected chi connectivity index (χ3v) is 2.95. The number of aliphatic hydroxyl groups is 1. The fourth-order valence-corrected chi connectivity index (χ4v) is 1.98. The molecular formula is C13H19NO2. The number of nitrogens with two attached hydrogens (primary N) is 1. The molecule has 1 aromatic carbocycles. The maximum atomic E-state index is 10.1. The van der Waals surface area contributed by atoms with E-state index in [4.69, 9.17) is 10.5 Å². The summed E-state index contributed by atoms with van der Waals surface area (Å²) in [5, 5.41) is 10.1. The first-order valence-corrected chi connectivity index (χ1v) is 5.71. The van der Waals surface area contributed by atoms with Crippen LogP contribution in [0.2, 0.25) is 0 Å². The van der Waals surface area contributed by atoms with Crippen LogP contribution in [0.25, 0.3) is 0 Å². The molecule has 1 atom stereocenters. The Morgan fingerprint density at radius 3 is 2.88 bits per heavy atom. The van der Waals surface area contributed by atoms with Crippen LogP contribution in [0.5, 0.6) is 5.75 Å². The third kappa shape index (κ3) is 2.20. The molecule has 0 saturated carbocycles. The van der Waals surface area contributed by atoms with Crippen LogP contribution in [0.1, 0.15) is 37.5 Å². The molecule has 0 bridgehead atoms. The van der Waals surface area contributed by atoms with Gasteiger partial charge in [0.05, 0.1) is 12.7 Å². The lowest BCUT2D eigenvalue weighted by Gasteiger charge is -2.27. The molecule has 1 aliphatic heterocycles. The van der Waals surface area contributed by atoms with E-state index >= 15 is 0 Å². The Morgan fingerprint density at radius 1 is 1.44 bits per heavy atom. The smallest absolute Gasteiger partial charge is 0.122 e. The number of aryl methyl sites for hydroxylation is 1. The molecule has 0 amide bonds. The summed E-state index contributed by atoms with van der Waals surface area (Å²) >= 11 is 0. The standard InChI is InChI=1S/C13H19NO2/c1-13(2,14)12(15)10-5-6-11-9(8-10)4-3-7-16-11/h5-6,8,12,15H,3-4,7,14H2,1-2H3. The van der Waals surface area contributed by atoms with Crippen molar-refractivity contribution in [2.45, 2.75) is 38.3 Å². The summed E-state index contributed by atoms with van der Waals surface area (Å²) in [5.41, 5.74) is 7.33. The number of hydrogen-bond donors (Lipinski definition) is 2. The van der Waals surface area contributed by atoms with Crippen molar-refractivity contribution in [3.63, 3.8) is 0 Å². The highest BCUT2D eigenvalue weighted by Crippen LogP contribution is 2.30. The van der Waals surface area contributed by atoms with Crippen LogP contribution in [0.4, 0.5) is 0 Å². The second-order valence-corrected chi connectivity index (χ2v) is 5.04. The molecule has 3 heteroatoms. The molecule has 1 aromatic rings. The molecule has 0 radical (unpaired) electrons. The van der Waals surface area contributed by atoms with Gasteiger partial charge in [-0.15, -0.1) is 0 Å². The summed E-state index contributed by atoms with van der Waals surface area (Å²) in [7, 11) is 0. The van der Waals surface area contributed by atoms with Gasteiger partial charge in [-0.1, -0.05) is 6.07 Å². The third-order valence-electron chi connectivity index (χ3n) is 2.95. The minimum absolute atomic E-state index is 0.621. The molecule has 2 rings (SSSR count). The van der Waals surface area contributed by atoms with Crippen LogP contribution in [-0.4, -0.2) is 17.3 Å². The van der Waals surface area contributed by atoms with Gasteiger partial charge in [-0.3, -0.25) is 0 Å². The highest BCUT2D eigenvalue weighted by atomic mass is 16.5. The molecule has 16 heavy (non-hydrogen) atoms. The predicted octanol–water partition coefficient (Wildman–Crippen LogP) is 1.78. The zero-order chi connectivity index (χ0) is 11.8. The lowest BCUT2D eigenvalue weighted by molar-refractivity contribution is 0.104. The molecule has 3 nitrogen and oxygen atoms in total. The monoisotopic (exact) mass is 221 g/mol. The van der Waals surface area contributed by atoms with E-state index in [1.807, 2.05) is 32.0 Å². The van der Waals surface area contributed by atoms with E-state index in [1.165, 1.54) is 5.56 Å². The molecule has 0 aromatic heterocycles. The summed E-state index contributed by atoms with van der Waals surface area (Å²) in [5.74, 6) is 0.942. The van der Waals surface area contributed by atoms with E-state index in [0.29, 0.717) is 0 Å². The minimum Gasteiger partial charge on any atom is -0.493 e. The fraction of sp³-hybridized carbons (Fsp3) is 0.538. The van der Waals surface area contributed by atoms with Crippen molar-refractivity contribution in [1.29, 1.82) is 0 Å². The quantitative estimate of drug-likeness (QED) is 0.800. The van der Waals surface area contributed by atoms with Crippen LogP contribution in [-0.2, 0) is 6.42 Å². The van der Waals surface area contributed by atoms with Crippen LogP contribution in [0.15, 0.2) is 18.2 Å². The molecule has 1 unspecified atom stereocenters. The second-order valence-electron chi connectivity index (χ2n) is 5.04. The Balaban J connectivity index is 2.30. The fourth-order valence-electron chi connectivity index (χ4n) is 1.98. The van der Waals surface area contributed by atoms with Crippen molar-refractivity contribution >= 4 is 0 Å². The van der Waals surface area contributed by atoms with Gasteiger partial charge in [-0.25, -0.2) is 0 Å².